The number of fused-ring (bicyclic) bond motifs is 1. The number of hydrogen-bond donors (Lipinski definition) is 0. The van der Waals surface area contributed by atoms with E-state index in [2.05, 4.69) is 0 Å². The van der Waals surface area contributed by atoms with Gasteiger partial charge in [-0.2, -0.15) is 0 Å². The molecule has 5 rings (SSSR count). The lowest BCUT2D eigenvalue weighted by molar-refractivity contribution is -0.126. The van der Waals surface area contributed by atoms with Gasteiger partial charge in [-0.25, -0.2) is 14.8 Å². The van der Waals surface area contributed by atoms with Crippen molar-refractivity contribution < 1.29 is 24.0 Å². The maximum atomic E-state index is 13.8. The number of carbonyl (C=O) groups excluding carboxylic acids is 3. The number of ether oxygens (including phenoxy) is 1. The molecule has 3 aromatic rings. The Morgan fingerprint density at radius 3 is 2.39 bits per heavy atom. The lowest BCUT2D eigenvalue weighted by Crippen LogP contribution is -2.37. The first-order valence-corrected chi connectivity index (χ1v) is 12.2. The summed E-state index contributed by atoms with van der Waals surface area (Å²) in [6, 6.07) is 18.1. The lowest BCUT2D eigenvalue weighted by Gasteiger charge is -2.30. The van der Waals surface area contributed by atoms with Crippen LogP contribution in [0, 0.1) is 12.8 Å². The summed E-state index contributed by atoms with van der Waals surface area (Å²) in [5.74, 6) is -2.23. The third-order valence-electron chi connectivity index (χ3n) is 6.39. The topological polar surface area (TPSA) is 76.2 Å². The highest BCUT2D eigenvalue weighted by atomic mass is 35.5. The monoisotopic (exact) mass is 524 g/mol. The molecule has 0 bridgehead atoms. The standard InChI is InChI=1S/C27H22Cl2N2O5/c1-3-35-27(34)16-8-11-18(12-9-16)30-25(32)22-23(19-13-10-17(28)14-20(19)29)31(36-24(22)26(30)33)21-7-5-4-6-15(21)2/h4-14,22-24H,3H2,1-2H3. The Morgan fingerprint density at radius 2 is 1.72 bits per heavy atom. The quantitative estimate of drug-likeness (QED) is 0.322. The third kappa shape index (κ3) is 4.03. The fraction of sp³-hybridized carbons (Fsp3) is 0.222. The number of nitrogens with zero attached hydrogens (tertiary/aromatic N) is 2. The first-order valence-electron chi connectivity index (χ1n) is 11.4. The number of imide groups is 1. The number of para-hydroxylation sites is 1. The van der Waals surface area contributed by atoms with Crippen LogP contribution in [-0.2, 0) is 19.2 Å². The number of hydroxylamine groups is 1. The molecule has 2 aliphatic rings. The van der Waals surface area contributed by atoms with Crippen molar-refractivity contribution in [3.63, 3.8) is 0 Å². The second-order valence-electron chi connectivity index (χ2n) is 8.55. The van der Waals surface area contributed by atoms with Gasteiger partial charge in [-0.15, -0.1) is 0 Å². The number of carbonyl (C=O) groups is 3. The first kappa shape index (κ1) is 24.3. The van der Waals surface area contributed by atoms with E-state index in [9.17, 15) is 14.4 Å². The Bertz CT molecular complexity index is 1360. The second-order valence-corrected chi connectivity index (χ2v) is 9.40. The van der Waals surface area contributed by atoms with E-state index in [4.69, 9.17) is 32.8 Å². The highest BCUT2D eigenvalue weighted by Crippen LogP contribution is 2.49. The smallest absolute Gasteiger partial charge is 0.338 e. The van der Waals surface area contributed by atoms with E-state index in [1.54, 1.807) is 42.3 Å². The normalized spacial score (nSPS) is 21.2. The van der Waals surface area contributed by atoms with E-state index in [0.29, 0.717) is 26.9 Å². The van der Waals surface area contributed by atoms with Crippen LogP contribution in [0.3, 0.4) is 0 Å². The molecule has 0 aliphatic carbocycles. The van der Waals surface area contributed by atoms with Gasteiger partial charge in [0.05, 0.1) is 29.6 Å². The fourth-order valence-electron chi connectivity index (χ4n) is 4.71. The zero-order chi connectivity index (χ0) is 25.6. The van der Waals surface area contributed by atoms with Crippen molar-refractivity contribution >= 4 is 52.4 Å². The Balaban J connectivity index is 1.54. The minimum atomic E-state index is -1.04. The highest BCUT2D eigenvalue weighted by Gasteiger charge is 2.60. The maximum absolute atomic E-state index is 13.8. The molecule has 0 N–H and O–H groups in total. The average molecular weight is 525 g/mol. The zero-order valence-electron chi connectivity index (χ0n) is 19.5. The number of benzene rings is 3. The maximum Gasteiger partial charge on any atom is 0.338 e. The number of halogens is 2. The minimum Gasteiger partial charge on any atom is -0.462 e. The van der Waals surface area contributed by atoms with Gasteiger partial charge in [0.2, 0.25) is 5.91 Å². The van der Waals surface area contributed by atoms with Gasteiger partial charge < -0.3 is 4.74 Å². The first-order chi connectivity index (χ1) is 17.3. The Kier molecular flexibility index (Phi) is 6.47. The number of aryl methyl sites for hydroxylation is 1. The van der Waals surface area contributed by atoms with Crippen LogP contribution in [0.2, 0.25) is 10.0 Å². The Hall–Kier alpha value is -3.39. The van der Waals surface area contributed by atoms with Crippen molar-refractivity contribution in [3.8, 4) is 0 Å². The number of rotatable bonds is 5. The van der Waals surface area contributed by atoms with Gasteiger partial charge in [0.25, 0.3) is 5.91 Å². The van der Waals surface area contributed by atoms with Gasteiger partial charge >= 0.3 is 5.97 Å². The molecule has 2 fully saturated rings. The van der Waals surface area contributed by atoms with Crippen LogP contribution < -0.4 is 9.96 Å². The molecule has 2 amide bonds. The van der Waals surface area contributed by atoms with Crippen molar-refractivity contribution in [1.82, 2.24) is 0 Å². The number of amides is 2. The molecule has 2 heterocycles. The summed E-state index contributed by atoms with van der Waals surface area (Å²) in [6.45, 7) is 3.89. The Labute approximate surface area is 218 Å². The predicted molar refractivity (Wildman–Crippen MR) is 136 cm³/mol. The SMILES string of the molecule is CCOC(=O)c1ccc(N2C(=O)C3ON(c4ccccc4C)C(c4ccc(Cl)cc4Cl)C3C2=O)cc1. The molecule has 2 saturated heterocycles. The van der Waals surface area contributed by atoms with Gasteiger partial charge in [-0.3, -0.25) is 14.4 Å². The van der Waals surface area contributed by atoms with Gasteiger partial charge in [0.15, 0.2) is 6.10 Å². The molecule has 184 valence electrons. The minimum absolute atomic E-state index is 0.246. The van der Waals surface area contributed by atoms with Gasteiger partial charge in [0, 0.05) is 10.0 Å². The Morgan fingerprint density at radius 1 is 1.00 bits per heavy atom. The van der Waals surface area contributed by atoms with Crippen LogP contribution in [0.5, 0.6) is 0 Å². The number of esters is 1. The summed E-state index contributed by atoms with van der Waals surface area (Å²) >= 11 is 12.7. The molecule has 36 heavy (non-hydrogen) atoms. The molecule has 7 nitrogen and oxygen atoms in total. The van der Waals surface area contributed by atoms with E-state index >= 15 is 0 Å². The van der Waals surface area contributed by atoms with Crippen LogP contribution in [0.15, 0.2) is 66.7 Å². The summed E-state index contributed by atoms with van der Waals surface area (Å²) in [5, 5.41) is 2.43. The van der Waals surface area contributed by atoms with E-state index in [0.717, 1.165) is 16.2 Å². The second kappa shape index (κ2) is 9.58. The molecule has 3 atom stereocenters. The highest BCUT2D eigenvalue weighted by molar-refractivity contribution is 6.35. The molecular formula is C27H22Cl2N2O5. The summed E-state index contributed by atoms with van der Waals surface area (Å²) in [6.07, 6.45) is -1.04. The van der Waals surface area contributed by atoms with Crippen LogP contribution in [0.25, 0.3) is 0 Å². The molecule has 0 radical (unpaired) electrons. The summed E-state index contributed by atoms with van der Waals surface area (Å²) in [5.41, 5.74) is 2.94. The largest absolute Gasteiger partial charge is 0.462 e. The van der Waals surface area contributed by atoms with Crippen molar-refractivity contribution in [2.75, 3.05) is 16.6 Å². The lowest BCUT2D eigenvalue weighted by atomic mass is 9.90. The molecule has 3 aromatic carbocycles. The van der Waals surface area contributed by atoms with E-state index in [1.807, 2.05) is 31.2 Å². The molecule has 0 aromatic heterocycles. The molecule has 3 unspecified atom stereocenters. The van der Waals surface area contributed by atoms with Crippen molar-refractivity contribution in [2.45, 2.75) is 26.0 Å². The summed E-state index contributed by atoms with van der Waals surface area (Å²) in [4.78, 5) is 46.6. The van der Waals surface area contributed by atoms with E-state index < -0.39 is 35.8 Å². The molecule has 0 spiro atoms. The average Bonchev–Trinajstić information content (AvgIpc) is 3.35. The molecule has 9 heteroatoms. The summed E-state index contributed by atoms with van der Waals surface area (Å²) in [7, 11) is 0. The van der Waals surface area contributed by atoms with Gasteiger partial charge in [-0.1, -0.05) is 47.5 Å². The van der Waals surface area contributed by atoms with Crippen molar-refractivity contribution in [1.29, 1.82) is 0 Å². The molecule has 0 saturated carbocycles. The van der Waals surface area contributed by atoms with Gasteiger partial charge in [-0.05, 0) is 67.4 Å². The molecule has 2 aliphatic heterocycles. The van der Waals surface area contributed by atoms with E-state index in [1.165, 1.54) is 12.1 Å². The van der Waals surface area contributed by atoms with Crippen LogP contribution in [-0.4, -0.2) is 30.5 Å². The van der Waals surface area contributed by atoms with Crippen molar-refractivity contribution in [3.05, 3.63) is 93.5 Å². The zero-order valence-corrected chi connectivity index (χ0v) is 21.0. The molecular weight excluding hydrogens is 503 g/mol. The fourth-order valence-corrected chi connectivity index (χ4v) is 5.23. The van der Waals surface area contributed by atoms with Crippen LogP contribution in [0.1, 0.15) is 34.5 Å². The number of anilines is 2. The van der Waals surface area contributed by atoms with Crippen LogP contribution >= 0.6 is 23.2 Å². The third-order valence-corrected chi connectivity index (χ3v) is 6.95. The summed E-state index contributed by atoms with van der Waals surface area (Å²) < 4.78 is 5.01. The van der Waals surface area contributed by atoms with Crippen molar-refractivity contribution in [2.24, 2.45) is 5.92 Å². The van der Waals surface area contributed by atoms with E-state index in [-0.39, 0.29) is 6.61 Å². The number of hydrogen-bond acceptors (Lipinski definition) is 6. The van der Waals surface area contributed by atoms with Crippen LogP contribution in [0.4, 0.5) is 11.4 Å². The van der Waals surface area contributed by atoms with Gasteiger partial charge in [0.1, 0.15) is 5.92 Å². The predicted octanol–water partition coefficient (Wildman–Crippen LogP) is 5.53.